The standard InChI is InChI=1S/C12H11NO4.Na/c1-9(8-12(14)15)2-3-10-4-6-11(7-5-10)13(16)17;/h2-8H,1H3,(H,14,15);/q;+1/p-1. The molecule has 0 amide bonds. The van der Waals surface area contributed by atoms with E-state index in [9.17, 15) is 20.0 Å². The van der Waals surface area contributed by atoms with Crippen molar-refractivity contribution in [2.24, 2.45) is 0 Å². The van der Waals surface area contributed by atoms with Crippen molar-refractivity contribution < 1.29 is 44.4 Å². The molecule has 0 saturated carbocycles. The summed E-state index contributed by atoms with van der Waals surface area (Å²) in [7, 11) is 0. The van der Waals surface area contributed by atoms with E-state index in [1.165, 1.54) is 12.1 Å². The van der Waals surface area contributed by atoms with Gasteiger partial charge in [0.25, 0.3) is 5.69 Å². The number of carboxylic acids is 1. The van der Waals surface area contributed by atoms with E-state index in [0.29, 0.717) is 5.57 Å². The Balaban J connectivity index is 0.00000289. The normalized spacial score (nSPS) is 11.1. The second-order valence-corrected chi connectivity index (χ2v) is 3.39. The molecule has 88 valence electrons. The van der Waals surface area contributed by atoms with Gasteiger partial charge >= 0.3 is 29.6 Å². The van der Waals surface area contributed by atoms with Gasteiger partial charge < -0.3 is 9.90 Å². The second kappa shape index (κ2) is 7.81. The quantitative estimate of drug-likeness (QED) is 0.211. The maximum absolute atomic E-state index is 10.4. The van der Waals surface area contributed by atoms with Crippen LogP contribution in [0.4, 0.5) is 5.69 Å². The number of nitro benzene ring substituents is 1. The van der Waals surface area contributed by atoms with Crippen LogP contribution in [0.2, 0.25) is 0 Å². The number of carbonyl (C=O) groups excluding carboxylic acids is 1. The molecule has 1 rings (SSSR count). The van der Waals surface area contributed by atoms with Gasteiger partial charge in [-0.3, -0.25) is 10.1 Å². The van der Waals surface area contributed by atoms with E-state index in [1.54, 1.807) is 31.2 Å². The van der Waals surface area contributed by atoms with E-state index in [4.69, 9.17) is 0 Å². The van der Waals surface area contributed by atoms with Crippen molar-refractivity contribution in [3.63, 3.8) is 0 Å². The number of carbonyl (C=O) groups is 1. The third-order valence-electron chi connectivity index (χ3n) is 1.99. The van der Waals surface area contributed by atoms with E-state index in [0.717, 1.165) is 11.6 Å². The topological polar surface area (TPSA) is 83.3 Å². The van der Waals surface area contributed by atoms with Crippen LogP contribution in [0.3, 0.4) is 0 Å². The minimum absolute atomic E-state index is 0. The van der Waals surface area contributed by atoms with Crippen LogP contribution in [0, 0.1) is 10.1 Å². The molecule has 0 aromatic heterocycles. The molecule has 0 unspecified atom stereocenters. The summed E-state index contributed by atoms with van der Waals surface area (Å²) >= 11 is 0. The van der Waals surface area contributed by atoms with Crippen LogP contribution in [-0.4, -0.2) is 10.9 Å². The fourth-order valence-corrected chi connectivity index (χ4v) is 1.17. The third-order valence-corrected chi connectivity index (χ3v) is 1.99. The van der Waals surface area contributed by atoms with E-state index >= 15 is 0 Å². The van der Waals surface area contributed by atoms with Gasteiger partial charge in [0.05, 0.1) is 10.9 Å². The Morgan fingerprint density at radius 2 is 1.83 bits per heavy atom. The largest absolute Gasteiger partial charge is 1.00 e. The first kappa shape index (κ1) is 16.6. The molecule has 0 aliphatic heterocycles. The van der Waals surface area contributed by atoms with E-state index in [-0.39, 0.29) is 35.2 Å². The fourth-order valence-electron chi connectivity index (χ4n) is 1.17. The van der Waals surface area contributed by atoms with Gasteiger partial charge in [-0.25, -0.2) is 0 Å². The summed E-state index contributed by atoms with van der Waals surface area (Å²) in [5.41, 5.74) is 1.30. The second-order valence-electron chi connectivity index (χ2n) is 3.39. The van der Waals surface area contributed by atoms with Crippen LogP contribution >= 0.6 is 0 Å². The maximum Gasteiger partial charge on any atom is 1.00 e. The predicted octanol–water partition coefficient (Wildman–Crippen LogP) is -1.69. The number of hydrogen-bond acceptors (Lipinski definition) is 4. The Morgan fingerprint density at radius 3 is 2.28 bits per heavy atom. The molecule has 1 aromatic rings. The minimum Gasteiger partial charge on any atom is -0.545 e. The first-order valence-electron chi connectivity index (χ1n) is 4.81. The molecule has 0 N–H and O–H groups in total. The molecular weight excluding hydrogens is 245 g/mol. The molecule has 18 heavy (non-hydrogen) atoms. The van der Waals surface area contributed by atoms with Crippen LogP contribution in [0.15, 0.2) is 42.0 Å². The van der Waals surface area contributed by atoms with Crippen molar-refractivity contribution in [2.75, 3.05) is 0 Å². The van der Waals surface area contributed by atoms with E-state index < -0.39 is 10.9 Å². The monoisotopic (exact) mass is 255 g/mol. The molecular formula is C12H10NNaO4. The zero-order valence-corrected chi connectivity index (χ0v) is 12.1. The summed E-state index contributed by atoms with van der Waals surface area (Å²) < 4.78 is 0. The Morgan fingerprint density at radius 1 is 1.28 bits per heavy atom. The zero-order chi connectivity index (χ0) is 12.8. The molecule has 0 heterocycles. The first-order valence-corrected chi connectivity index (χ1v) is 4.81. The Kier molecular flexibility index (Phi) is 7.19. The molecule has 6 heteroatoms. The van der Waals surface area contributed by atoms with Crippen LogP contribution in [-0.2, 0) is 4.79 Å². The number of hydrogen-bond donors (Lipinski definition) is 0. The van der Waals surface area contributed by atoms with Gasteiger partial charge in [0.2, 0.25) is 0 Å². The van der Waals surface area contributed by atoms with Crippen molar-refractivity contribution >= 4 is 17.7 Å². The Hall–Kier alpha value is -1.43. The number of allylic oxidation sites excluding steroid dienone is 2. The summed E-state index contributed by atoms with van der Waals surface area (Å²) in [5.74, 6) is -1.25. The summed E-state index contributed by atoms with van der Waals surface area (Å²) in [6.07, 6.45) is 4.23. The number of nitro groups is 1. The molecule has 0 radical (unpaired) electrons. The summed E-state index contributed by atoms with van der Waals surface area (Å²) in [6, 6.07) is 5.94. The van der Waals surface area contributed by atoms with E-state index in [1.807, 2.05) is 0 Å². The molecule has 0 spiro atoms. The zero-order valence-electron chi connectivity index (χ0n) is 10.1. The average molecular weight is 255 g/mol. The number of benzene rings is 1. The van der Waals surface area contributed by atoms with Gasteiger partial charge in [-0.05, 0) is 36.3 Å². The molecule has 0 saturated heterocycles. The van der Waals surface area contributed by atoms with Crippen LogP contribution in [0.1, 0.15) is 12.5 Å². The van der Waals surface area contributed by atoms with Crippen LogP contribution in [0.25, 0.3) is 6.08 Å². The number of nitrogens with zero attached hydrogens (tertiary/aromatic N) is 1. The summed E-state index contributed by atoms with van der Waals surface area (Å²) in [5, 5.41) is 20.7. The first-order chi connectivity index (χ1) is 7.99. The van der Waals surface area contributed by atoms with Gasteiger partial charge in [-0.15, -0.1) is 0 Å². The molecule has 0 bridgehead atoms. The van der Waals surface area contributed by atoms with Gasteiger partial charge in [-0.1, -0.05) is 12.2 Å². The maximum atomic E-state index is 10.4. The fraction of sp³-hybridized carbons (Fsp3) is 0.0833. The van der Waals surface area contributed by atoms with Crippen LogP contribution in [0.5, 0.6) is 0 Å². The Bertz CT molecular complexity index is 491. The van der Waals surface area contributed by atoms with Crippen molar-refractivity contribution in [1.29, 1.82) is 0 Å². The molecule has 0 aliphatic carbocycles. The van der Waals surface area contributed by atoms with Crippen molar-refractivity contribution in [2.45, 2.75) is 6.92 Å². The van der Waals surface area contributed by atoms with Crippen molar-refractivity contribution in [3.8, 4) is 0 Å². The molecule has 1 aromatic carbocycles. The van der Waals surface area contributed by atoms with Crippen molar-refractivity contribution in [1.82, 2.24) is 0 Å². The predicted molar refractivity (Wildman–Crippen MR) is 60.9 cm³/mol. The number of carboxylic acid groups (broad SMARTS) is 1. The molecule has 0 aliphatic rings. The smallest absolute Gasteiger partial charge is 0.545 e. The number of rotatable bonds is 4. The SMILES string of the molecule is CC(C=Cc1ccc([N+](=O)[O-])cc1)=CC(=O)[O-].[Na+]. The number of non-ortho nitro benzene ring substituents is 1. The van der Waals surface area contributed by atoms with Gasteiger partial charge in [-0.2, -0.15) is 0 Å². The van der Waals surface area contributed by atoms with Crippen molar-refractivity contribution in [3.05, 3.63) is 57.7 Å². The molecule has 5 nitrogen and oxygen atoms in total. The summed E-state index contributed by atoms with van der Waals surface area (Å²) in [4.78, 5) is 20.2. The minimum atomic E-state index is -1.25. The van der Waals surface area contributed by atoms with Crippen LogP contribution < -0.4 is 34.7 Å². The van der Waals surface area contributed by atoms with Gasteiger partial charge in [0, 0.05) is 12.1 Å². The third kappa shape index (κ3) is 5.77. The van der Waals surface area contributed by atoms with E-state index in [2.05, 4.69) is 0 Å². The van der Waals surface area contributed by atoms with Gasteiger partial charge in [0.15, 0.2) is 0 Å². The Labute approximate surface area is 126 Å². The van der Waals surface area contributed by atoms with Gasteiger partial charge in [0.1, 0.15) is 0 Å². The number of aliphatic carboxylic acids is 1. The summed E-state index contributed by atoms with van der Waals surface area (Å²) in [6.45, 7) is 1.62. The average Bonchev–Trinajstić information content (AvgIpc) is 2.26. The molecule has 0 fully saturated rings. The molecule has 0 atom stereocenters.